The summed E-state index contributed by atoms with van der Waals surface area (Å²) in [4.78, 5) is 13.6. The van der Waals surface area contributed by atoms with Gasteiger partial charge in [-0.15, -0.1) is 11.8 Å². The molecule has 2 saturated carbocycles. The fourth-order valence-electron chi connectivity index (χ4n) is 4.83. The molecular weight excluding hydrogens is 300 g/mol. The van der Waals surface area contributed by atoms with Crippen molar-refractivity contribution in [2.24, 2.45) is 17.3 Å². The number of carbonyl (C=O) groups excluding carboxylic acids is 1. The molecule has 0 aromatic heterocycles. The van der Waals surface area contributed by atoms with Gasteiger partial charge in [0.1, 0.15) is 5.78 Å². The van der Waals surface area contributed by atoms with Gasteiger partial charge in [-0.25, -0.2) is 0 Å². The van der Waals surface area contributed by atoms with E-state index in [4.69, 9.17) is 0 Å². The van der Waals surface area contributed by atoms with Gasteiger partial charge in [0, 0.05) is 17.2 Å². The van der Waals surface area contributed by atoms with E-state index in [1.165, 1.54) is 48.3 Å². The summed E-state index contributed by atoms with van der Waals surface area (Å²) in [6, 6.07) is 8.86. The van der Waals surface area contributed by atoms with Crippen molar-refractivity contribution in [3.63, 3.8) is 0 Å². The molecule has 3 atom stereocenters. The lowest BCUT2D eigenvalue weighted by molar-refractivity contribution is -0.129. The highest BCUT2D eigenvalue weighted by molar-refractivity contribution is 7.99. The van der Waals surface area contributed by atoms with Crippen molar-refractivity contribution in [2.75, 3.05) is 5.75 Å². The molecule has 2 aliphatic rings. The van der Waals surface area contributed by atoms with Gasteiger partial charge in [0.15, 0.2) is 0 Å². The van der Waals surface area contributed by atoms with Gasteiger partial charge >= 0.3 is 0 Å². The molecule has 1 aromatic rings. The van der Waals surface area contributed by atoms with Crippen molar-refractivity contribution >= 4 is 17.5 Å². The summed E-state index contributed by atoms with van der Waals surface area (Å²) in [6.07, 6.45) is 9.66. The first-order valence-electron chi connectivity index (χ1n) is 9.32. The van der Waals surface area contributed by atoms with Crippen LogP contribution in [-0.4, -0.2) is 11.5 Å². The van der Waals surface area contributed by atoms with Crippen LogP contribution < -0.4 is 0 Å². The van der Waals surface area contributed by atoms with Crippen LogP contribution in [0.5, 0.6) is 0 Å². The van der Waals surface area contributed by atoms with E-state index >= 15 is 0 Å². The lowest BCUT2D eigenvalue weighted by Crippen LogP contribution is -2.37. The van der Waals surface area contributed by atoms with E-state index in [2.05, 4.69) is 38.1 Å². The lowest BCUT2D eigenvalue weighted by atomic mass is 9.64. The Hall–Kier alpha value is -0.760. The van der Waals surface area contributed by atoms with Crippen molar-refractivity contribution in [2.45, 2.75) is 70.1 Å². The molecule has 0 saturated heterocycles. The number of carbonyl (C=O) groups is 1. The number of thioether (sulfide) groups is 1. The Kier molecular flexibility index (Phi) is 5.51. The first-order chi connectivity index (χ1) is 11.1. The van der Waals surface area contributed by atoms with Gasteiger partial charge in [-0.05, 0) is 74.7 Å². The third kappa shape index (κ3) is 3.84. The molecule has 23 heavy (non-hydrogen) atoms. The molecule has 0 aliphatic heterocycles. The number of Topliss-reactive ketones (excluding diaryl/α,β-unsaturated/α-hetero) is 1. The minimum Gasteiger partial charge on any atom is -0.299 e. The topological polar surface area (TPSA) is 17.1 Å². The molecule has 1 nitrogen and oxygen atoms in total. The molecule has 0 spiro atoms. The van der Waals surface area contributed by atoms with E-state index in [9.17, 15) is 4.79 Å². The highest BCUT2D eigenvalue weighted by atomic mass is 32.2. The summed E-state index contributed by atoms with van der Waals surface area (Å²) in [7, 11) is 0. The number of hydrogen-bond acceptors (Lipinski definition) is 2. The normalized spacial score (nSPS) is 30.4. The molecule has 126 valence electrons. The molecule has 3 rings (SSSR count). The monoisotopic (exact) mass is 330 g/mol. The maximum absolute atomic E-state index is 12.2. The van der Waals surface area contributed by atoms with Gasteiger partial charge < -0.3 is 0 Å². The predicted molar refractivity (Wildman–Crippen MR) is 98.9 cm³/mol. The van der Waals surface area contributed by atoms with E-state index in [0.717, 1.165) is 25.2 Å². The maximum Gasteiger partial charge on any atom is 0.136 e. The highest BCUT2D eigenvalue weighted by Gasteiger charge is 2.50. The highest BCUT2D eigenvalue weighted by Crippen LogP contribution is 2.55. The van der Waals surface area contributed by atoms with Crippen molar-refractivity contribution in [1.29, 1.82) is 0 Å². The van der Waals surface area contributed by atoms with Crippen LogP contribution in [0.2, 0.25) is 0 Å². The van der Waals surface area contributed by atoms with E-state index < -0.39 is 0 Å². The maximum atomic E-state index is 12.2. The Labute approximate surface area is 145 Å². The molecule has 0 heterocycles. The van der Waals surface area contributed by atoms with Crippen molar-refractivity contribution in [3.05, 3.63) is 29.8 Å². The summed E-state index contributed by atoms with van der Waals surface area (Å²) in [5, 5.41) is 0. The first kappa shape index (κ1) is 17.1. The average Bonchev–Trinajstić information content (AvgIpc) is 2.87. The molecule has 3 unspecified atom stereocenters. The molecule has 0 amide bonds. The van der Waals surface area contributed by atoms with Gasteiger partial charge in [-0.3, -0.25) is 4.79 Å². The van der Waals surface area contributed by atoms with Crippen LogP contribution in [0, 0.1) is 24.2 Å². The number of aryl methyl sites for hydroxylation is 1. The lowest BCUT2D eigenvalue weighted by Gasteiger charge is -2.40. The van der Waals surface area contributed by atoms with E-state index in [1.54, 1.807) is 0 Å². The summed E-state index contributed by atoms with van der Waals surface area (Å²) < 4.78 is 0. The molecule has 0 N–H and O–H groups in total. The summed E-state index contributed by atoms with van der Waals surface area (Å²) >= 11 is 1.98. The zero-order chi connectivity index (χ0) is 16.3. The Morgan fingerprint density at radius 1 is 1.17 bits per heavy atom. The minimum atomic E-state index is 0.333. The van der Waals surface area contributed by atoms with Crippen LogP contribution in [0.25, 0.3) is 0 Å². The largest absolute Gasteiger partial charge is 0.299 e. The molecular formula is C21H30OS. The minimum absolute atomic E-state index is 0.333. The van der Waals surface area contributed by atoms with Gasteiger partial charge in [-0.1, -0.05) is 31.0 Å². The second-order valence-electron chi connectivity index (χ2n) is 7.81. The predicted octanol–water partition coefficient (Wildman–Crippen LogP) is 6.04. The first-order valence-corrected chi connectivity index (χ1v) is 10.3. The fourth-order valence-corrected chi connectivity index (χ4v) is 5.74. The van der Waals surface area contributed by atoms with E-state index in [-0.39, 0.29) is 0 Å². The summed E-state index contributed by atoms with van der Waals surface area (Å²) in [5.74, 6) is 2.97. The van der Waals surface area contributed by atoms with Crippen LogP contribution in [-0.2, 0) is 4.79 Å². The summed E-state index contributed by atoms with van der Waals surface area (Å²) in [6.45, 7) is 4.55. The third-order valence-corrected chi connectivity index (χ3v) is 7.39. The molecule has 0 bridgehead atoms. The Balaban J connectivity index is 1.41. The zero-order valence-electron chi connectivity index (χ0n) is 14.6. The Morgan fingerprint density at radius 3 is 2.74 bits per heavy atom. The standard InChI is InChI=1S/C21H30OS/c1-16-8-11-18(12-9-16)23-15-4-3-6-17-10-13-19-20(22)7-5-14-21(17,19)2/h8-9,11-12,17,19H,3-7,10,13-15H2,1-2H3. The average molecular weight is 331 g/mol. The zero-order valence-corrected chi connectivity index (χ0v) is 15.5. The third-order valence-electron chi connectivity index (χ3n) is 6.30. The number of rotatable bonds is 6. The Bertz CT molecular complexity index is 535. The molecule has 2 fully saturated rings. The van der Waals surface area contributed by atoms with Crippen LogP contribution in [0.1, 0.15) is 63.9 Å². The van der Waals surface area contributed by atoms with Crippen LogP contribution in [0.15, 0.2) is 29.2 Å². The van der Waals surface area contributed by atoms with Crippen LogP contribution in [0.4, 0.5) is 0 Å². The summed E-state index contributed by atoms with van der Waals surface area (Å²) in [5.41, 5.74) is 1.67. The van der Waals surface area contributed by atoms with Gasteiger partial charge in [-0.2, -0.15) is 0 Å². The van der Waals surface area contributed by atoms with Gasteiger partial charge in [0.25, 0.3) is 0 Å². The second kappa shape index (κ2) is 7.42. The quantitative estimate of drug-likeness (QED) is 0.467. The van der Waals surface area contributed by atoms with E-state index in [0.29, 0.717) is 17.1 Å². The van der Waals surface area contributed by atoms with Crippen LogP contribution in [0.3, 0.4) is 0 Å². The fraction of sp³-hybridized carbons (Fsp3) is 0.667. The van der Waals surface area contributed by atoms with Crippen molar-refractivity contribution in [3.8, 4) is 0 Å². The van der Waals surface area contributed by atoms with Gasteiger partial charge in [0.05, 0.1) is 0 Å². The number of hydrogen-bond donors (Lipinski definition) is 0. The molecule has 0 radical (unpaired) electrons. The van der Waals surface area contributed by atoms with Crippen LogP contribution >= 0.6 is 11.8 Å². The number of ketones is 1. The van der Waals surface area contributed by atoms with Crippen molar-refractivity contribution < 1.29 is 4.79 Å². The molecule has 1 aromatic carbocycles. The Morgan fingerprint density at radius 2 is 1.96 bits per heavy atom. The number of unbranched alkanes of at least 4 members (excludes halogenated alkanes) is 1. The molecule has 2 aliphatic carbocycles. The number of benzene rings is 1. The molecule has 2 heteroatoms. The number of fused-ring (bicyclic) bond motifs is 1. The second-order valence-corrected chi connectivity index (χ2v) is 8.98. The smallest absolute Gasteiger partial charge is 0.136 e. The van der Waals surface area contributed by atoms with E-state index in [1.807, 2.05) is 11.8 Å². The SMILES string of the molecule is Cc1ccc(SCCCCC2CCC3C(=O)CCCC23C)cc1. The van der Waals surface area contributed by atoms with Crippen molar-refractivity contribution in [1.82, 2.24) is 0 Å². The van der Waals surface area contributed by atoms with Gasteiger partial charge in [0.2, 0.25) is 0 Å².